The number of hydrogen-bond donors (Lipinski definition) is 0. The lowest BCUT2D eigenvalue weighted by Crippen LogP contribution is -2.08. The first-order valence-electron chi connectivity index (χ1n) is 5.78. The van der Waals surface area contributed by atoms with Crippen LogP contribution in [0.1, 0.15) is 30.5 Å². The minimum Gasteiger partial charge on any atom is -0.466 e. The summed E-state index contributed by atoms with van der Waals surface area (Å²) >= 11 is 5.87. The van der Waals surface area contributed by atoms with Gasteiger partial charge in [0, 0.05) is 12.2 Å². The fourth-order valence-electron chi connectivity index (χ4n) is 1.48. The molecule has 0 aliphatic rings. The zero-order valence-corrected chi connectivity index (χ0v) is 11.2. The minimum atomic E-state index is -0.813. The number of esters is 1. The molecule has 0 radical (unpaired) electrons. The van der Waals surface area contributed by atoms with Crippen LogP contribution in [-0.4, -0.2) is 19.2 Å². The lowest BCUT2D eigenvalue weighted by molar-refractivity contribution is -0.142. The van der Waals surface area contributed by atoms with Crippen molar-refractivity contribution in [2.75, 3.05) is 13.2 Å². The predicted molar refractivity (Wildman–Crippen MR) is 67.0 cm³/mol. The summed E-state index contributed by atoms with van der Waals surface area (Å²) in [6.07, 6.45) is 0.0482. The zero-order chi connectivity index (χ0) is 13.5. The Morgan fingerprint density at radius 3 is 2.67 bits per heavy atom. The summed E-state index contributed by atoms with van der Waals surface area (Å²) in [6.45, 7) is 4.22. The molecule has 1 unspecified atom stereocenters. The molecule has 0 aliphatic heterocycles. The number of hydrogen-bond acceptors (Lipinski definition) is 3. The molecule has 0 bridgehead atoms. The van der Waals surface area contributed by atoms with Crippen LogP contribution in [0.3, 0.4) is 0 Å². The van der Waals surface area contributed by atoms with E-state index in [2.05, 4.69) is 0 Å². The van der Waals surface area contributed by atoms with Crippen LogP contribution in [0.5, 0.6) is 0 Å². The van der Waals surface area contributed by atoms with Gasteiger partial charge in [-0.15, -0.1) is 0 Å². The molecule has 1 aromatic rings. The first kappa shape index (κ1) is 14.9. The maximum absolute atomic E-state index is 13.7. The van der Waals surface area contributed by atoms with Crippen LogP contribution >= 0.6 is 11.6 Å². The SMILES string of the molecule is CCOC(=O)Cc1ccc(C(Cl)OCC)c(F)c1. The Labute approximate surface area is 111 Å². The summed E-state index contributed by atoms with van der Waals surface area (Å²) in [5.41, 5.74) is 0.00725. The molecule has 5 heteroatoms. The van der Waals surface area contributed by atoms with Gasteiger partial charge in [-0.25, -0.2) is 4.39 Å². The number of ether oxygens (including phenoxy) is 2. The molecular weight excluding hydrogens is 259 g/mol. The fourth-order valence-corrected chi connectivity index (χ4v) is 1.78. The third-order valence-electron chi connectivity index (χ3n) is 2.28. The van der Waals surface area contributed by atoms with Crippen molar-refractivity contribution in [2.24, 2.45) is 0 Å². The molecule has 0 heterocycles. The van der Waals surface area contributed by atoms with Crippen molar-refractivity contribution >= 4 is 17.6 Å². The highest BCUT2D eigenvalue weighted by Gasteiger charge is 2.14. The molecular formula is C13H16ClFO3. The monoisotopic (exact) mass is 274 g/mol. The third-order valence-corrected chi connectivity index (χ3v) is 2.64. The summed E-state index contributed by atoms with van der Waals surface area (Å²) in [5.74, 6) is -0.859. The Morgan fingerprint density at radius 2 is 2.11 bits per heavy atom. The van der Waals surface area contributed by atoms with Gasteiger partial charge < -0.3 is 9.47 Å². The van der Waals surface area contributed by atoms with Gasteiger partial charge in [0.15, 0.2) is 5.56 Å². The lowest BCUT2D eigenvalue weighted by atomic mass is 10.1. The second-order valence-electron chi connectivity index (χ2n) is 3.61. The van der Waals surface area contributed by atoms with E-state index >= 15 is 0 Å². The van der Waals surface area contributed by atoms with Crippen molar-refractivity contribution < 1.29 is 18.7 Å². The van der Waals surface area contributed by atoms with Gasteiger partial charge in [0.2, 0.25) is 0 Å². The number of alkyl halides is 1. The number of carbonyl (C=O) groups excluding carboxylic acids is 1. The van der Waals surface area contributed by atoms with Crippen LogP contribution in [-0.2, 0) is 20.7 Å². The first-order valence-corrected chi connectivity index (χ1v) is 6.21. The van der Waals surface area contributed by atoms with Crippen molar-refractivity contribution in [1.29, 1.82) is 0 Å². The molecule has 0 aliphatic carbocycles. The Bertz CT molecular complexity index is 409. The van der Waals surface area contributed by atoms with E-state index in [1.807, 2.05) is 0 Å². The molecule has 0 amide bonds. The van der Waals surface area contributed by atoms with Crippen LogP contribution in [0.2, 0.25) is 0 Å². The molecule has 100 valence electrons. The second kappa shape index (κ2) is 7.34. The Hall–Kier alpha value is -1.13. The molecule has 0 spiro atoms. The summed E-state index contributed by atoms with van der Waals surface area (Å²) in [7, 11) is 0. The Balaban J connectivity index is 2.76. The van der Waals surface area contributed by atoms with Gasteiger partial charge in [0.1, 0.15) is 5.82 Å². The summed E-state index contributed by atoms with van der Waals surface area (Å²) in [4.78, 5) is 11.2. The lowest BCUT2D eigenvalue weighted by Gasteiger charge is -2.11. The normalized spacial score (nSPS) is 12.2. The van der Waals surface area contributed by atoms with E-state index in [4.69, 9.17) is 21.1 Å². The van der Waals surface area contributed by atoms with E-state index in [1.165, 1.54) is 12.1 Å². The van der Waals surface area contributed by atoms with E-state index in [9.17, 15) is 9.18 Å². The van der Waals surface area contributed by atoms with Crippen LogP contribution in [0.25, 0.3) is 0 Å². The third kappa shape index (κ3) is 4.27. The summed E-state index contributed by atoms with van der Waals surface area (Å²) in [5, 5.41) is 0. The largest absolute Gasteiger partial charge is 0.466 e. The van der Waals surface area contributed by atoms with Gasteiger partial charge in [0.05, 0.1) is 13.0 Å². The highest BCUT2D eigenvalue weighted by molar-refractivity contribution is 6.19. The van der Waals surface area contributed by atoms with E-state index in [1.54, 1.807) is 19.9 Å². The number of rotatable bonds is 6. The first-order chi connectivity index (χ1) is 8.58. The van der Waals surface area contributed by atoms with E-state index in [-0.39, 0.29) is 18.0 Å². The van der Waals surface area contributed by atoms with E-state index in [0.29, 0.717) is 18.8 Å². The molecule has 1 atom stereocenters. The molecule has 18 heavy (non-hydrogen) atoms. The van der Waals surface area contributed by atoms with Crippen LogP contribution in [0, 0.1) is 5.82 Å². The van der Waals surface area contributed by atoms with Crippen LogP contribution < -0.4 is 0 Å². The second-order valence-corrected chi connectivity index (χ2v) is 4.01. The molecule has 3 nitrogen and oxygen atoms in total. The van der Waals surface area contributed by atoms with Gasteiger partial charge >= 0.3 is 5.97 Å². The average Bonchev–Trinajstić information content (AvgIpc) is 2.29. The molecule has 0 fully saturated rings. The minimum absolute atomic E-state index is 0.0482. The van der Waals surface area contributed by atoms with Gasteiger partial charge in [-0.3, -0.25) is 4.79 Å². The zero-order valence-electron chi connectivity index (χ0n) is 10.4. The summed E-state index contributed by atoms with van der Waals surface area (Å²) < 4.78 is 23.6. The van der Waals surface area contributed by atoms with Gasteiger partial charge in [-0.1, -0.05) is 23.7 Å². The van der Waals surface area contributed by atoms with Crippen LogP contribution in [0.15, 0.2) is 18.2 Å². The van der Waals surface area contributed by atoms with Gasteiger partial charge in [0.25, 0.3) is 0 Å². The number of carbonyl (C=O) groups is 1. The van der Waals surface area contributed by atoms with Crippen molar-refractivity contribution in [2.45, 2.75) is 25.8 Å². The van der Waals surface area contributed by atoms with Crippen molar-refractivity contribution in [3.8, 4) is 0 Å². The highest BCUT2D eigenvalue weighted by atomic mass is 35.5. The molecule has 0 saturated heterocycles. The topological polar surface area (TPSA) is 35.5 Å². The highest BCUT2D eigenvalue weighted by Crippen LogP contribution is 2.25. The molecule has 0 aromatic heterocycles. The number of halogens is 2. The van der Waals surface area contributed by atoms with Crippen molar-refractivity contribution in [3.05, 3.63) is 35.1 Å². The Morgan fingerprint density at radius 1 is 1.39 bits per heavy atom. The van der Waals surface area contributed by atoms with E-state index < -0.39 is 11.4 Å². The van der Waals surface area contributed by atoms with Gasteiger partial charge in [-0.2, -0.15) is 0 Å². The van der Waals surface area contributed by atoms with Crippen molar-refractivity contribution in [3.63, 3.8) is 0 Å². The fraction of sp³-hybridized carbons (Fsp3) is 0.462. The molecule has 0 saturated carbocycles. The predicted octanol–water partition coefficient (Wildman–Crippen LogP) is 3.21. The molecule has 0 N–H and O–H groups in total. The Kier molecular flexibility index (Phi) is 6.09. The summed E-state index contributed by atoms with van der Waals surface area (Å²) in [6, 6.07) is 4.45. The van der Waals surface area contributed by atoms with Gasteiger partial charge in [-0.05, 0) is 25.5 Å². The smallest absolute Gasteiger partial charge is 0.310 e. The van der Waals surface area contributed by atoms with Crippen molar-refractivity contribution in [1.82, 2.24) is 0 Å². The number of benzene rings is 1. The average molecular weight is 275 g/mol. The van der Waals surface area contributed by atoms with E-state index in [0.717, 1.165) is 0 Å². The molecule has 1 aromatic carbocycles. The van der Waals surface area contributed by atoms with Crippen LogP contribution in [0.4, 0.5) is 4.39 Å². The maximum Gasteiger partial charge on any atom is 0.310 e. The standard InChI is InChI=1S/C13H16ClFO3/c1-3-17-12(16)8-9-5-6-10(11(15)7-9)13(14)18-4-2/h5-7,13H,3-4,8H2,1-2H3. The maximum atomic E-state index is 13.7. The molecule has 1 rings (SSSR count). The quantitative estimate of drug-likeness (QED) is 0.590.